The van der Waals surface area contributed by atoms with Crippen LogP contribution < -0.4 is 5.73 Å². The summed E-state index contributed by atoms with van der Waals surface area (Å²) in [5, 5.41) is 10.8. The highest BCUT2D eigenvalue weighted by molar-refractivity contribution is 7.25. The van der Waals surface area contributed by atoms with E-state index in [1.165, 1.54) is 75.5 Å². The number of aryl methyl sites for hydroxylation is 1. The van der Waals surface area contributed by atoms with Crippen LogP contribution in [-0.4, -0.2) is 19.6 Å². The summed E-state index contributed by atoms with van der Waals surface area (Å²) >= 11 is 1.88. The van der Waals surface area contributed by atoms with E-state index in [1.807, 2.05) is 86.8 Å². The van der Waals surface area contributed by atoms with Gasteiger partial charge in [-0.25, -0.2) is 0 Å². The molecule has 0 amide bonds. The fourth-order valence-electron chi connectivity index (χ4n) is 7.22. The lowest BCUT2D eigenvalue weighted by Crippen LogP contribution is -2.12. The molecule has 0 fully saturated rings. The molecule has 3 nitrogen and oxygen atoms in total. The number of nitrogens with zero attached hydrogens (tertiary/aromatic N) is 1. The molecule has 0 aliphatic carbocycles. The summed E-state index contributed by atoms with van der Waals surface area (Å²) in [5.41, 5.74) is 19.0. The van der Waals surface area contributed by atoms with Gasteiger partial charge in [-0.1, -0.05) is 188 Å². The van der Waals surface area contributed by atoms with Crippen molar-refractivity contribution in [1.29, 1.82) is 5.41 Å². The standard InChI is InChI=1S/C35H24S.C15H18N2.C8H12.CH3N/c1-23-7-4-10-24(17-23)25-11-5-12-26(18-25)27-13-6-14-28(19-27)31-15-16-34-32(21-31)33-20-29-8-2-3-9-30(29)22-35(33)36-34;1-4-6-7-12(5-2)13-8-10-14(11-9-13)15(16)17-3;1-4-6-8(3)7-5-2;1-2/h2-22H,1H3;4-11H,1H2,2-3H3,(H2,16,17);4-7H,1H2,2-3H3;2H,1H2/b;7-6-,12-5+;7-5-,8-6-;. The Balaban J connectivity index is 0.000000231. The van der Waals surface area contributed by atoms with Gasteiger partial charge in [-0.2, -0.15) is 0 Å². The van der Waals surface area contributed by atoms with Crippen LogP contribution in [0, 0.1) is 12.3 Å². The van der Waals surface area contributed by atoms with Crippen LogP contribution in [0.5, 0.6) is 0 Å². The van der Waals surface area contributed by atoms with Gasteiger partial charge in [0.25, 0.3) is 0 Å². The van der Waals surface area contributed by atoms with Crippen molar-refractivity contribution in [3.8, 4) is 33.4 Å². The van der Waals surface area contributed by atoms with E-state index in [0.717, 1.165) is 16.7 Å². The molecule has 1 heterocycles. The first kappa shape index (κ1) is 46.7. The maximum absolute atomic E-state index is 5.74. The number of allylic oxidation sites excluding steroid dienone is 10. The van der Waals surface area contributed by atoms with Crippen LogP contribution in [0.25, 0.3) is 69.9 Å². The molecule has 0 bridgehead atoms. The fourth-order valence-corrected chi connectivity index (χ4v) is 8.34. The Bertz CT molecular complexity index is 2970. The van der Waals surface area contributed by atoms with Crippen molar-refractivity contribution >= 4 is 60.4 Å². The summed E-state index contributed by atoms with van der Waals surface area (Å²) in [6, 6.07) is 54.8. The van der Waals surface area contributed by atoms with Gasteiger partial charge in [-0.15, -0.1) is 11.3 Å². The summed E-state index contributed by atoms with van der Waals surface area (Å²) in [6.45, 7) is 17.9. The first-order valence-electron chi connectivity index (χ1n) is 20.9. The number of fused-ring (bicyclic) bond motifs is 4. The Kier molecular flexibility index (Phi) is 17.4. The van der Waals surface area contributed by atoms with Gasteiger partial charge in [0.05, 0.1) is 0 Å². The Morgan fingerprint density at radius 1 is 0.587 bits per heavy atom. The van der Waals surface area contributed by atoms with Crippen molar-refractivity contribution in [1.82, 2.24) is 0 Å². The van der Waals surface area contributed by atoms with Crippen molar-refractivity contribution in [3.05, 3.63) is 236 Å². The van der Waals surface area contributed by atoms with Gasteiger partial charge in [0.15, 0.2) is 0 Å². The topological polar surface area (TPSA) is 62.2 Å². The van der Waals surface area contributed by atoms with Crippen LogP contribution in [0.4, 0.5) is 0 Å². The van der Waals surface area contributed by atoms with Gasteiger partial charge in [0.2, 0.25) is 0 Å². The molecule has 8 rings (SSSR count). The minimum absolute atomic E-state index is 0.556. The summed E-state index contributed by atoms with van der Waals surface area (Å²) in [7, 11) is 1.69. The van der Waals surface area contributed by atoms with E-state index in [0.29, 0.717) is 5.84 Å². The maximum atomic E-state index is 5.74. The number of nitrogens with two attached hydrogens (primary N) is 1. The number of thiophene rings is 1. The summed E-state index contributed by atoms with van der Waals surface area (Å²) in [6.07, 6.45) is 15.6. The van der Waals surface area contributed by atoms with Crippen molar-refractivity contribution < 1.29 is 0 Å². The zero-order chi connectivity index (χ0) is 45.1. The molecule has 0 unspecified atom stereocenters. The third kappa shape index (κ3) is 12.3. The van der Waals surface area contributed by atoms with E-state index in [9.17, 15) is 0 Å². The average molecular weight is 840 g/mol. The highest BCUT2D eigenvalue weighted by atomic mass is 32.1. The third-order valence-electron chi connectivity index (χ3n) is 10.4. The molecule has 4 heteroatoms. The van der Waals surface area contributed by atoms with Crippen LogP contribution in [0.15, 0.2) is 224 Å². The molecule has 1 aromatic heterocycles. The predicted octanol–water partition coefficient (Wildman–Crippen LogP) is 16.6. The Morgan fingerprint density at radius 3 is 1.67 bits per heavy atom. The Labute approximate surface area is 378 Å². The van der Waals surface area contributed by atoms with Crippen molar-refractivity contribution in [3.63, 3.8) is 0 Å². The van der Waals surface area contributed by atoms with Crippen LogP contribution in [0.1, 0.15) is 37.5 Å². The molecule has 3 N–H and O–H groups in total. The highest BCUT2D eigenvalue weighted by Gasteiger charge is 2.10. The fraction of sp³-hybridized carbons (Fsp3) is 0.0847. The summed E-state index contributed by atoms with van der Waals surface area (Å²) in [4.78, 5) is 3.96. The number of rotatable bonds is 9. The SMILES string of the molecule is C=C/C=C(C)\C=C/C.C=C/C=C\C(=C/C)c1ccc(C(N)=NC)cc1.C=N.Cc1cccc(-c2cccc(-c3cccc(-c4ccc5sc6cc7ccccc7cc6c5c4)c3)c2)c1. The first-order valence-corrected chi connectivity index (χ1v) is 21.8. The smallest absolute Gasteiger partial charge is 0.125 e. The Morgan fingerprint density at radius 2 is 1.13 bits per heavy atom. The molecular formula is C59H57N3S. The summed E-state index contributed by atoms with van der Waals surface area (Å²) < 4.78 is 2.69. The molecule has 7 aromatic carbocycles. The number of benzene rings is 7. The van der Waals surface area contributed by atoms with E-state index in [1.54, 1.807) is 19.2 Å². The van der Waals surface area contributed by atoms with Gasteiger partial charge < -0.3 is 11.1 Å². The molecule has 314 valence electrons. The maximum Gasteiger partial charge on any atom is 0.125 e. The van der Waals surface area contributed by atoms with Gasteiger partial charge in [0.1, 0.15) is 5.84 Å². The zero-order valence-electron chi connectivity index (χ0n) is 37.1. The lowest BCUT2D eigenvalue weighted by Gasteiger charge is -2.09. The van der Waals surface area contributed by atoms with E-state index in [2.05, 4.69) is 165 Å². The lowest BCUT2D eigenvalue weighted by atomic mass is 9.95. The van der Waals surface area contributed by atoms with Crippen LogP contribution in [-0.2, 0) is 0 Å². The highest BCUT2D eigenvalue weighted by Crippen LogP contribution is 2.39. The lowest BCUT2D eigenvalue weighted by molar-refractivity contribution is 1.39. The van der Waals surface area contributed by atoms with Crippen molar-refractivity contribution in [2.24, 2.45) is 10.7 Å². The average Bonchev–Trinajstić information content (AvgIpc) is 3.69. The number of aliphatic imine (C=N–C) groups is 1. The van der Waals surface area contributed by atoms with Crippen molar-refractivity contribution in [2.45, 2.75) is 27.7 Å². The molecular weight excluding hydrogens is 783 g/mol. The van der Waals surface area contributed by atoms with Gasteiger partial charge in [0, 0.05) is 32.8 Å². The molecule has 0 radical (unpaired) electrons. The van der Waals surface area contributed by atoms with E-state index in [4.69, 9.17) is 11.1 Å². The van der Waals surface area contributed by atoms with Crippen LogP contribution in [0.2, 0.25) is 0 Å². The Hall–Kier alpha value is -7.40. The molecule has 0 saturated carbocycles. The summed E-state index contributed by atoms with van der Waals surface area (Å²) in [5.74, 6) is 0.556. The molecule has 8 aromatic rings. The second kappa shape index (κ2) is 23.6. The largest absolute Gasteiger partial charge is 0.384 e. The molecule has 0 aliphatic heterocycles. The van der Waals surface area contributed by atoms with Gasteiger partial charge in [-0.05, 0) is 126 Å². The van der Waals surface area contributed by atoms with E-state index in [-0.39, 0.29) is 0 Å². The number of nitrogens with one attached hydrogen (secondary N) is 1. The number of hydrogen-bond acceptors (Lipinski definition) is 3. The second-order valence-electron chi connectivity index (χ2n) is 14.7. The molecule has 0 atom stereocenters. The third-order valence-corrected chi connectivity index (χ3v) is 11.5. The van der Waals surface area contributed by atoms with E-state index >= 15 is 0 Å². The number of hydrogen-bond donors (Lipinski definition) is 2. The van der Waals surface area contributed by atoms with Gasteiger partial charge >= 0.3 is 0 Å². The quantitative estimate of drug-likeness (QED) is 0.0849. The zero-order valence-corrected chi connectivity index (χ0v) is 37.9. The molecule has 0 aliphatic rings. The predicted molar refractivity (Wildman–Crippen MR) is 283 cm³/mol. The van der Waals surface area contributed by atoms with Crippen molar-refractivity contribution in [2.75, 3.05) is 7.05 Å². The first-order chi connectivity index (χ1) is 30.7. The van der Waals surface area contributed by atoms with E-state index < -0.39 is 0 Å². The molecule has 63 heavy (non-hydrogen) atoms. The molecule has 0 spiro atoms. The monoisotopic (exact) mass is 839 g/mol. The minimum Gasteiger partial charge on any atom is -0.384 e. The van der Waals surface area contributed by atoms with Crippen LogP contribution >= 0.6 is 11.3 Å². The normalized spacial score (nSPS) is 11.7. The van der Waals surface area contributed by atoms with Gasteiger partial charge in [-0.3, -0.25) is 4.99 Å². The number of amidine groups is 1. The minimum atomic E-state index is 0.556. The molecule has 0 saturated heterocycles. The van der Waals surface area contributed by atoms with Crippen LogP contribution in [0.3, 0.4) is 0 Å². The second-order valence-corrected chi connectivity index (χ2v) is 15.8.